The lowest BCUT2D eigenvalue weighted by Gasteiger charge is -2.32. The molecule has 0 aromatic heterocycles. The van der Waals surface area contributed by atoms with Gasteiger partial charge >= 0.3 is 6.18 Å². The third-order valence-electron chi connectivity index (χ3n) is 3.42. The third-order valence-corrected chi connectivity index (χ3v) is 3.42. The number of rotatable bonds is 2. The summed E-state index contributed by atoms with van der Waals surface area (Å²) >= 11 is 0. The fourth-order valence-electron chi connectivity index (χ4n) is 2.09. The minimum atomic E-state index is -4.62. The molecule has 4 nitrogen and oxygen atoms in total. The molecule has 2 rings (SSSR count). The van der Waals surface area contributed by atoms with Gasteiger partial charge in [0.1, 0.15) is 0 Å². The van der Waals surface area contributed by atoms with Crippen LogP contribution in [0.4, 0.5) is 13.2 Å². The van der Waals surface area contributed by atoms with Crippen LogP contribution in [0.15, 0.2) is 0 Å². The summed E-state index contributed by atoms with van der Waals surface area (Å²) in [5.74, 6) is -0.150. The fourth-order valence-corrected chi connectivity index (χ4v) is 2.09. The SMILES string of the molecule is O=C(CN1CCC(O)(C(F)(F)F)C1)N1CCC1. The molecular formula is C10H15F3N2O2. The van der Waals surface area contributed by atoms with Crippen molar-refractivity contribution >= 4 is 5.91 Å². The molecule has 2 aliphatic rings. The molecule has 2 fully saturated rings. The first-order valence-corrected chi connectivity index (χ1v) is 5.61. The zero-order valence-electron chi connectivity index (χ0n) is 9.33. The number of halogens is 3. The number of aliphatic hydroxyl groups is 1. The number of carbonyl (C=O) groups excluding carboxylic acids is 1. The molecule has 1 atom stereocenters. The van der Waals surface area contributed by atoms with Crippen molar-refractivity contribution in [2.24, 2.45) is 0 Å². The molecule has 0 saturated carbocycles. The predicted octanol–water partition coefficient (Wildman–Crippen LogP) is 0.218. The van der Waals surface area contributed by atoms with Gasteiger partial charge in [0.15, 0.2) is 5.60 Å². The highest BCUT2D eigenvalue weighted by molar-refractivity contribution is 5.79. The Morgan fingerprint density at radius 2 is 1.94 bits per heavy atom. The van der Waals surface area contributed by atoms with Crippen LogP contribution in [-0.4, -0.2) is 65.3 Å². The van der Waals surface area contributed by atoms with Crippen molar-refractivity contribution in [3.05, 3.63) is 0 Å². The van der Waals surface area contributed by atoms with Gasteiger partial charge in [0, 0.05) is 26.2 Å². The first-order valence-electron chi connectivity index (χ1n) is 5.61. The van der Waals surface area contributed by atoms with E-state index in [0.717, 1.165) is 6.42 Å². The van der Waals surface area contributed by atoms with Gasteiger partial charge in [-0.2, -0.15) is 13.2 Å². The summed E-state index contributed by atoms with van der Waals surface area (Å²) in [4.78, 5) is 14.5. The minimum Gasteiger partial charge on any atom is -0.379 e. The summed E-state index contributed by atoms with van der Waals surface area (Å²) in [7, 11) is 0. The number of carbonyl (C=O) groups is 1. The van der Waals surface area contributed by atoms with E-state index < -0.39 is 18.3 Å². The number of hydrogen-bond donors (Lipinski definition) is 1. The molecular weight excluding hydrogens is 237 g/mol. The Labute approximate surface area is 97.0 Å². The second kappa shape index (κ2) is 4.13. The van der Waals surface area contributed by atoms with Crippen molar-refractivity contribution < 1.29 is 23.1 Å². The Bertz CT molecular complexity index is 317. The van der Waals surface area contributed by atoms with E-state index >= 15 is 0 Å². The topological polar surface area (TPSA) is 43.8 Å². The van der Waals surface area contributed by atoms with Gasteiger partial charge in [-0.25, -0.2) is 0 Å². The fraction of sp³-hybridized carbons (Fsp3) is 0.900. The maximum Gasteiger partial charge on any atom is 0.418 e. The number of nitrogens with zero attached hydrogens (tertiary/aromatic N) is 2. The zero-order valence-corrected chi connectivity index (χ0v) is 9.33. The first kappa shape index (κ1) is 12.6. The van der Waals surface area contributed by atoms with Gasteiger partial charge in [0.25, 0.3) is 0 Å². The first-order chi connectivity index (χ1) is 7.82. The van der Waals surface area contributed by atoms with E-state index in [4.69, 9.17) is 0 Å². The third kappa shape index (κ3) is 2.40. The molecule has 0 aromatic rings. The van der Waals surface area contributed by atoms with E-state index in [-0.39, 0.29) is 25.4 Å². The number of amides is 1. The molecule has 7 heteroatoms. The molecule has 0 aromatic carbocycles. The Kier molecular flexibility index (Phi) is 3.07. The Hall–Kier alpha value is -0.820. The van der Waals surface area contributed by atoms with Crippen LogP contribution in [0, 0.1) is 0 Å². The monoisotopic (exact) mass is 252 g/mol. The molecule has 1 amide bonds. The molecule has 98 valence electrons. The quantitative estimate of drug-likeness (QED) is 0.764. The Balaban J connectivity index is 1.87. The van der Waals surface area contributed by atoms with Gasteiger partial charge in [-0.3, -0.25) is 9.69 Å². The summed E-state index contributed by atoms with van der Waals surface area (Å²) in [6.07, 6.45) is -4.02. The molecule has 0 radical (unpaired) electrons. The van der Waals surface area contributed by atoms with Crippen LogP contribution >= 0.6 is 0 Å². The maximum atomic E-state index is 12.5. The van der Waals surface area contributed by atoms with E-state index in [1.54, 1.807) is 4.90 Å². The largest absolute Gasteiger partial charge is 0.418 e. The molecule has 2 heterocycles. The highest BCUT2D eigenvalue weighted by Gasteiger charge is 2.57. The highest BCUT2D eigenvalue weighted by Crippen LogP contribution is 2.37. The summed E-state index contributed by atoms with van der Waals surface area (Å²) < 4.78 is 37.6. The van der Waals surface area contributed by atoms with Crippen LogP contribution < -0.4 is 0 Å². The van der Waals surface area contributed by atoms with Crippen molar-refractivity contribution in [3.63, 3.8) is 0 Å². The summed E-state index contributed by atoms with van der Waals surface area (Å²) in [5, 5.41) is 9.43. The van der Waals surface area contributed by atoms with E-state index in [2.05, 4.69) is 0 Å². The van der Waals surface area contributed by atoms with Crippen LogP contribution in [-0.2, 0) is 4.79 Å². The van der Waals surface area contributed by atoms with Gasteiger partial charge in [0.05, 0.1) is 6.54 Å². The molecule has 17 heavy (non-hydrogen) atoms. The molecule has 0 aliphatic carbocycles. The van der Waals surface area contributed by atoms with Gasteiger partial charge in [-0.1, -0.05) is 0 Å². The van der Waals surface area contributed by atoms with E-state index in [1.807, 2.05) is 0 Å². The standard InChI is InChI=1S/C10H15F3N2O2/c11-10(12,13)9(17)2-5-14(7-9)6-8(16)15-3-1-4-15/h17H,1-7H2. The lowest BCUT2D eigenvalue weighted by atomic mass is 10.0. The van der Waals surface area contributed by atoms with Gasteiger partial charge in [-0.15, -0.1) is 0 Å². The van der Waals surface area contributed by atoms with Crippen LogP contribution in [0.2, 0.25) is 0 Å². The van der Waals surface area contributed by atoms with Crippen molar-refractivity contribution in [1.82, 2.24) is 9.80 Å². The maximum absolute atomic E-state index is 12.5. The summed E-state index contributed by atoms with van der Waals surface area (Å²) in [5.41, 5.74) is -2.65. The smallest absolute Gasteiger partial charge is 0.379 e. The summed E-state index contributed by atoms with van der Waals surface area (Å²) in [6.45, 7) is 0.955. The predicted molar refractivity (Wildman–Crippen MR) is 53.3 cm³/mol. The van der Waals surface area contributed by atoms with Crippen molar-refractivity contribution in [2.75, 3.05) is 32.7 Å². The molecule has 0 spiro atoms. The molecule has 1 unspecified atom stereocenters. The molecule has 1 N–H and O–H groups in total. The number of hydrogen-bond acceptors (Lipinski definition) is 3. The van der Waals surface area contributed by atoms with E-state index in [9.17, 15) is 23.1 Å². The van der Waals surface area contributed by atoms with Crippen molar-refractivity contribution in [1.29, 1.82) is 0 Å². The van der Waals surface area contributed by atoms with Gasteiger partial charge in [0.2, 0.25) is 5.91 Å². The number of β-amino-alcohol motifs (C(OH)–C–C–N with tert-alkyl or cyclic N) is 1. The Morgan fingerprint density at radius 1 is 1.29 bits per heavy atom. The van der Waals surface area contributed by atoms with Crippen LogP contribution in [0.25, 0.3) is 0 Å². The average Bonchev–Trinajstić information content (AvgIpc) is 2.44. The van der Waals surface area contributed by atoms with Crippen LogP contribution in [0.3, 0.4) is 0 Å². The second-order valence-corrected chi connectivity index (χ2v) is 4.72. The average molecular weight is 252 g/mol. The number of likely N-dealkylation sites (tertiary alicyclic amines) is 2. The normalized spacial score (nSPS) is 30.5. The van der Waals surface area contributed by atoms with Gasteiger partial charge in [-0.05, 0) is 12.8 Å². The van der Waals surface area contributed by atoms with Gasteiger partial charge < -0.3 is 10.0 Å². The lowest BCUT2D eigenvalue weighted by molar-refractivity contribution is -0.253. The zero-order chi connectivity index (χ0) is 12.7. The highest BCUT2D eigenvalue weighted by atomic mass is 19.4. The van der Waals surface area contributed by atoms with Crippen LogP contribution in [0.5, 0.6) is 0 Å². The van der Waals surface area contributed by atoms with Crippen LogP contribution in [0.1, 0.15) is 12.8 Å². The minimum absolute atomic E-state index is 0.0294. The second-order valence-electron chi connectivity index (χ2n) is 4.72. The lowest BCUT2D eigenvalue weighted by Crippen LogP contribution is -2.50. The molecule has 2 aliphatic heterocycles. The number of alkyl halides is 3. The van der Waals surface area contributed by atoms with E-state index in [0.29, 0.717) is 13.1 Å². The Morgan fingerprint density at radius 3 is 2.35 bits per heavy atom. The van der Waals surface area contributed by atoms with E-state index in [1.165, 1.54) is 4.90 Å². The van der Waals surface area contributed by atoms with Crippen molar-refractivity contribution in [3.8, 4) is 0 Å². The summed E-state index contributed by atoms with van der Waals surface area (Å²) in [6, 6.07) is 0. The molecule has 0 bridgehead atoms. The van der Waals surface area contributed by atoms with Crippen molar-refractivity contribution in [2.45, 2.75) is 24.6 Å². The molecule has 2 saturated heterocycles.